The van der Waals surface area contributed by atoms with Crippen molar-refractivity contribution in [3.8, 4) is 0 Å². The second-order valence-electron chi connectivity index (χ2n) is 6.30. The van der Waals surface area contributed by atoms with Crippen LogP contribution < -0.4 is 11.1 Å². The van der Waals surface area contributed by atoms with Crippen molar-refractivity contribution < 1.29 is 4.79 Å². The number of nitrogens with one attached hydrogen (secondary N) is 1. The van der Waals surface area contributed by atoms with E-state index in [0.717, 1.165) is 34.4 Å². The molecule has 0 fully saturated rings. The van der Waals surface area contributed by atoms with Crippen LogP contribution in [0.2, 0.25) is 0 Å². The lowest BCUT2D eigenvalue weighted by atomic mass is 10.1. The van der Waals surface area contributed by atoms with Gasteiger partial charge in [-0.3, -0.25) is 14.5 Å². The maximum absolute atomic E-state index is 12.2. The van der Waals surface area contributed by atoms with Crippen molar-refractivity contribution in [1.29, 1.82) is 0 Å². The first-order valence-corrected chi connectivity index (χ1v) is 8.35. The molecular formula is C19H23N5O. The molecule has 1 amide bonds. The number of aromatic nitrogens is 3. The second-order valence-corrected chi connectivity index (χ2v) is 6.30. The summed E-state index contributed by atoms with van der Waals surface area (Å²) in [6.07, 6.45) is 1.05. The highest BCUT2D eigenvalue weighted by Gasteiger charge is 2.10. The number of amides is 1. The molecule has 0 aliphatic carbocycles. The average Bonchev–Trinajstić information content (AvgIpc) is 2.81. The molecule has 0 saturated carbocycles. The Hall–Kier alpha value is -2.89. The number of carbonyl (C=O) groups is 1. The van der Waals surface area contributed by atoms with Crippen molar-refractivity contribution >= 4 is 22.5 Å². The Morgan fingerprint density at radius 2 is 2.04 bits per heavy atom. The van der Waals surface area contributed by atoms with Crippen LogP contribution in [-0.4, -0.2) is 27.2 Å². The predicted octanol–water partition coefficient (Wildman–Crippen LogP) is 2.07. The van der Waals surface area contributed by atoms with Crippen LogP contribution in [0.5, 0.6) is 0 Å². The van der Waals surface area contributed by atoms with E-state index in [1.165, 1.54) is 5.56 Å². The van der Waals surface area contributed by atoms with Gasteiger partial charge < -0.3 is 11.1 Å². The maximum atomic E-state index is 12.2. The number of hydrogen-bond donors (Lipinski definition) is 2. The van der Waals surface area contributed by atoms with Gasteiger partial charge in [-0.2, -0.15) is 5.10 Å². The molecule has 6 heteroatoms. The highest BCUT2D eigenvalue weighted by atomic mass is 16.1. The third kappa shape index (κ3) is 3.79. The fourth-order valence-electron chi connectivity index (χ4n) is 3.02. The van der Waals surface area contributed by atoms with Gasteiger partial charge in [0, 0.05) is 30.4 Å². The molecule has 0 spiro atoms. The molecule has 3 N–H and O–H groups in total. The fourth-order valence-corrected chi connectivity index (χ4v) is 3.02. The molecule has 6 nitrogen and oxygen atoms in total. The summed E-state index contributed by atoms with van der Waals surface area (Å²) in [5, 5.41) is 8.34. The van der Waals surface area contributed by atoms with E-state index in [2.05, 4.69) is 15.4 Å². The van der Waals surface area contributed by atoms with Crippen LogP contribution in [0.3, 0.4) is 0 Å². The first-order valence-electron chi connectivity index (χ1n) is 8.35. The zero-order chi connectivity index (χ0) is 18.0. The Labute approximate surface area is 147 Å². The summed E-state index contributed by atoms with van der Waals surface area (Å²) in [5.41, 5.74) is 11.4. The lowest BCUT2D eigenvalue weighted by Crippen LogP contribution is -2.27. The standard InChI is InChI=1S/C19H23N5O/c1-12-17(13(2)24(3)23-12)8-9-21-19(25)11-16-6-4-14-10-15(20)5-7-18(14)22-16/h4-7,10H,8-9,11,20H2,1-3H3,(H,21,25). The monoisotopic (exact) mass is 337 g/mol. The summed E-state index contributed by atoms with van der Waals surface area (Å²) >= 11 is 0. The number of anilines is 1. The minimum atomic E-state index is -0.0264. The predicted molar refractivity (Wildman–Crippen MR) is 99.3 cm³/mol. The summed E-state index contributed by atoms with van der Waals surface area (Å²) in [7, 11) is 1.93. The van der Waals surface area contributed by atoms with Gasteiger partial charge in [0.05, 0.1) is 23.3 Å². The van der Waals surface area contributed by atoms with Gasteiger partial charge in [-0.05, 0) is 50.1 Å². The number of fused-ring (bicyclic) bond motifs is 1. The van der Waals surface area contributed by atoms with E-state index < -0.39 is 0 Å². The molecule has 0 aliphatic heterocycles. The van der Waals surface area contributed by atoms with Crippen LogP contribution in [-0.2, 0) is 24.7 Å². The number of hydrogen-bond acceptors (Lipinski definition) is 4. The van der Waals surface area contributed by atoms with Crippen LogP contribution in [0.25, 0.3) is 10.9 Å². The minimum absolute atomic E-state index is 0.0264. The Balaban J connectivity index is 1.58. The number of carbonyl (C=O) groups excluding carboxylic acids is 1. The zero-order valence-electron chi connectivity index (χ0n) is 14.8. The summed E-state index contributed by atoms with van der Waals surface area (Å²) < 4.78 is 1.87. The van der Waals surface area contributed by atoms with E-state index in [1.54, 1.807) is 0 Å². The molecule has 1 aromatic carbocycles. The molecule has 0 radical (unpaired) electrons. The van der Waals surface area contributed by atoms with Crippen LogP contribution in [0.1, 0.15) is 22.6 Å². The number of benzene rings is 1. The third-order valence-electron chi connectivity index (χ3n) is 4.47. The van der Waals surface area contributed by atoms with Gasteiger partial charge in [0.25, 0.3) is 0 Å². The molecule has 0 bridgehead atoms. The molecule has 25 heavy (non-hydrogen) atoms. The Morgan fingerprint density at radius 1 is 1.24 bits per heavy atom. The molecule has 0 atom stereocenters. The highest BCUT2D eigenvalue weighted by Crippen LogP contribution is 2.16. The summed E-state index contributed by atoms with van der Waals surface area (Å²) in [4.78, 5) is 16.7. The van der Waals surface area contributed by atoms with Crippen molar-refractivity contribution in [2.45, 2.75) is 26.7 Å². The average molecular weight is 337 g/mol. The van der Waals surface area contributed by atoms with Gasteiger partial charge in [-0.25, -0.2) is 0 Å². The Kier molecular flexibility index (Phi) is 4.70. The van der Waals surface area contributed by atoms with E-state index in [0.29, 0.717) is 12.2 Å². The van der Waals surface area contributed by atoms with Crippen LogP contribution in [0, 0.1) is 13.8 Å². The quantitative estimate of drug-likeness (QED) is 0.698. The Bertz CT molecular complexity index is 929. The fraction of sp³-hybridized carbons (Fsp3) is 0.316. The SMILES string of the molecule is Cc1nn(C)c(C)c1CCNC(=O)Cc1ccc2cc(N)ccc2n1. The summed E-state index contributed by atoms with van der Waals surface area (Å²) in [6, 6.07) is 9.39. The van der Waals surface area contributed by atoms with Crippen molar-refractivity contribution in [1.82, 2.24) is 20.1 Å². The number of nitrogens with two attached hydrogens (primary N) is 1. The molecule has 0 saturated heterocycles. The number of nitrogens with zero attached hydrogens (tertiary/aromatic N) is 3. The van der Waals surface area contributed by atoms with Gasteiger partial charge in [0.15, 0.2) is 0 Å². The molecule has 3 rings (SSSR count). The number of nitrogen functional groups attached to an aromatic ring is 1. The van der Waals surface area contributed by atoms with Crippen LogP contribution in [0.15, 0.2) is 30.3 Å². The van der Waals surface area contributed by atoms with Gasteiger partial charge in [0.2, 0.25) is 5.91 Å². The molecular weight excluding hydrogens is 314 g/mol. The first kappa shape index (κ1) is 17.0. The van der Waals surface area contributed by atoms with E-state index in [1.807, 2.05) is 55.9 Å². The number of pyridine rings is 1. The van der Waals surface area contributed by atoms with E-state index in [4.69, 9.17) is 5.73 Å². The zero-order valence-corrected chi connectivity index (χ0v) is 14.8. The number of rotatable bonds is 5. The lowest BCUT2D eigenvalue weighted by molar-refractivity contribution is -0.120. The molecule has 130 valence electrons. The van der Waals surface area contributed by atoms with E-state index in [9.17, 15) is 4.79 Å². The van der Waals surface area contributed by atoms with Crippen molar-refractivity contribution in [2.24, 2.45) is 7.05 Å². The maximum Gasteiger partial charge on any atom is 0.226 e. The molecule has 0 unspecified atom stereocenters. The molecule has 0 aliphatic rings. The van der Waals surface area contributed by atoms with Gasteiger partial charge >= 0.3 is 0 Å². The Morgan fingerprint density at radius 3 is 2.76 bits per heavy atom. The van der Waals surface area contributed by atoms with Crippen LogP contribution in [0.4, 0.5) is 5.69 Å². The molecule has 2 heterocycles. The van der Waals surface area contributed by atoms with Crippen molar-refractivity contribution in [3.63, 3.8) is 0 Å². The van der Waals surface area contributed by atoms with E-state index in [-0.39, 0.29) is 12.3 Å². The van der Waals surface area contributed by atoms with Gasteiger partial charge in [-0.1, -0.05) is 6.07 Å². The smallest absolute Gasteiger partial charge is 0.226 e. The third-order valence-corrected chi connectivity index (χ3v) is 4.47. The summed E-state index contributed by atoms with van der Waals surface area (Å²) in [6.45, 7) is 4.63. The van der Waals surface area contributed by atoms with Gasteiger partial charge in [0.1, 0.15) is 0 Å². The van der Waals surface area contributed by atoms with E-state index >= 15 is 0 Å². The highest BCUT2D eigenvalue weighted by molar-refractivity contribution is 5.83. The van der Waals surface area contributed by atoms with Crippen molar-refractivity contribution in [2.75, 3.05) is 12.3 Å². The largest absolute Gasteiger partial charge is 0.399 e. The number of aryl methyl sites for hydroxylation is 2. The van der Waals surface area contributed by atoms with Crippen molar-refractivity contribution in [3.05, 3.63) is 53.0 Å². The van der Waals surface area contributed by atoms with Crippen LogP contribution >= 0.6 is 0 Å². The molecule has 2 aromatic heterocycles. The normalized spacial score (nSPS) is 11.0. The lowest BCUT2D eigenvalue weighted by Gasteiger charge is -2.07. The first-order chi connectivity index (χ1) is 11.9. The second kappa shape index (κ2) is 6.93. The summed E-state index contributed by atoms with van der Waals surface area (Å²) in [5.74, 6) is -0.0264. The van der Waals surface area contributed by atoms with Gasteiger partial charge in [-0.15, -0.1) is 0 Å². The minimum Gasteiger partial charge on any atom is -0.399 e. The topological polar surface area (TPSA) is 85.8 Å². The molecule has 3 aromatic rings.